The summed E-state index contributed by atoms with van der Waals surface area (Å²) in [5.41, 5.74) is 0.628. The normalized spacial score (nSPS) is 30.5. The van der Waals surface area contributed by atoms with Gasteiger partial charge in [-0.3, -0.25) is 9.69 Å². The van der Waals surface area contributed by atoms with Crippen molar-refractivity contribution < 1.29 is 14.6 Å². The first-order valence-electron chi connectivity index (χ1n) is 8.81. The summed E-state index contributed by atoms with van der Waals surface area (Å²) in [6.45, 7) is 3.41. The average Bonchev–Trinajstić information content (AvgIpc) is 2.93. The van der Waals surface area contributed by atoms with Gasteiger partial charge >= 0.3 is 0 Å². The van der Waals surface area contributed by atoms with Crippen LogP contribution in [0.3, 0.4) is 0 Å². The summed E-state index contributed by atoms with van der Waals surface area (Å²) < 4.78 is 5.54. The van der Waals surface area contributed by atoms with Crippen molar-refractivity contribution in [2.75, 3.05) is 37.9 Å². The SMILES string of the molecule is O=C1NCN(c2ccccc2)C12CCN(C1COCCC1O)CC2. The highest BCUT2D eigenvalue weighted by Crippen LogP contribution is 2.37. The third-order valence-electron chi connectivity index (χ3n) is 5.79. The molecule has 1 spiro atoms. The number of nitrogens with zero attached hydrogens (tertiary/aromatic N) is 2. The number of carbonyl (C=O) groups excluding carboxylic acids is 1. The fourth-order valence-electron chi connectivity index (χ4n) is 4.32. The Labute approximate surface area is 142 Å². The summed E-state index contributed by atoms with van der Waals surface area (Å²) in [4.78, 5) is 17.1. The zero-order chi connectivity index (χ0) is 16.6. The van der Waals surface area contributed by atoms with Crippen molar-refractivity contribution in [3.05, 3.63) is 30.3 Å². The minimum absolute atomic E-state index is 0.0609. The maximum atomic E-state index is 12.6. The van der Waals surface area contributed by atoms with E-state index in [4.69, 9.17) is 4.74 Å². The summed E-state index contributed by atoms with van der Waals surface area (Å²) >= 11 is 0. The van der Waals surface area contributed by atoms with Crippen molar-refractivity contribution in [3.8, 4) is 0 Å². The average molecular weight is 331 g/mol. The van der Waals surface area contributed by atoms with Gasteiger partial charge in [-0.15, -0.1) is 0 Å². The van der Waals surface area contributed by atoms with Gasteiger partial charge in [0.05, 0.1) is 25.4 Å². The van der Waals surface area contributed by atoms with E-state index in [1.165, 1.54) is 0 Å². The van der Waals surface area contributed by atoms with E-state index in [9.17, 15) is 9.90 Å². The maximum absolute atomic E-state index is 12.6. The predicted octanol–water partition coefficient (Wildman–Crippen LogP) is 0.565. The van der Waals surface area contributed by atoms with Crippen molar-refractivity contribution in [2.45, 2.75) is 36.9 Å². The first kappa shape index (κ1) is 15.9. The van der Waals surface area contributed by atoms with Gasteiger partial charge in [-0.2, -0.15) is 0 Å². The number of aliphatic hydroxyl groups excluding tert-OH is 1. The molecule has 2 unspecified atom stereocenters. The van der Waals surface area contributed by atoms with E-state index in [1.807, 2.05) is 18.2 Å². The zero-order valence-corrected chi connectivity index (χ0v) is 13.9. The molecule has 3 aliphatic heterocycles. The fourth-order valence-corrected chi connectivity index (χ4v) is 4.32. The van der Waals surface area contributed by atoms with Crippen molar-refractivity contribution in [2.24, 2.45) is 0 Å². The molecule has 130 valence electrons. The maximum Gasteiger partial charge on any atom is 0.247 e. The van der Waals surface area contributed by atoms with Crippen LogP contribution in [-0.2, 0) is 9.53 Å². The van der Waals surface area contributed by atoms with E-state index < -0.39 is 5.54 Å². The van der Waals surface area contributed by atoms with E-state index in [0.717, 1.165) is 31.6 Å². The molecule has 0 aromatic heterocycles. The molecule has 4 rings (SSSR count). The minimum atomic E-state index is -0.460. The molecule has 6 nitrogen and oxygen atoms in total. The molecule has 3 heterocycles. The highest BCUT2D eigenvalue weighted by Gasteiger charge is 2.51. The van der Waals surface area contributed by atoms with E-state index in [-0.39, 0.29) is 18.1 Å². The van der Waals surface area contributed by atoms with E-state index in [0.29, 0.717) is 26.3 Å². The Morgan fingerprint density at radius 2 is 1.96 bits per heavy atom. The van der Waals surface area contributed by atoms with Crippen LogP contribution in [0.25, 0.3) is 0 Å². The Morgan fingerprint density at radius 1 is 1.21 bits per heavy atom. The van der Waals surface area contributed by atoms with Gasteiger partial charge in [-0.1, -0.05) is 18.2 Å². The largest absolute Gasteiger partial charge is 0.391 e. The zero-order valence-electron chi connectivity index (χ0n) is 13.9. The van der Waals surface area contributed by atoms with Crippen molar-refractivity contribution in [1.82, 2.24) is 10.2 Å². The molecule has 0 radical (unpaired) electrons. The van der Waals surface area contributed by atoms with Gasteiger partial charge in [0, 0.05) is 25.4 Å². The molecule has 24 heavy (non-hydrogen) atoms. The second-order valence-corrected chi connectivity index (χ2v) is 6.99. The van der Waals surface area contributed by atoms with Crippen LogP contribution >= 0.6 is 0 Å². The lowest BCUT2D eigenvalue weighted by Crippen LogP contribution is -2.60. The first-order valence-corrected chi connectivity index (χ1v) is 8.81. The number of nitrogens with one attached hydrogen (secondary N) is 1. The Hall–Kier alpha value is -1.63. The van der Waals surface area contributed by atoms with Gasteiger partial charge in [0.2, 0.25) is 5.91 Å². The van der Waals surface area contributed by atoms with Crippen LogP contribution in [0.1, 0.15) is 19.3 Å². The number of piperidine rings is 1. The molecule has 3 aliphatic rings. The lowest BCUT2D eigenvalue weighted by molar-refractivity contribution is -0.126. The number of amides is 1. The van der Waals surface area contributed by atoms with Gasteiger partial charge in [-0.25, -0.2) is 0 Å². The molecule has 1 aromatic carbocycles. The van der Waals surface area contributed by atoms with Crippen LogP contribution in [0, 0.1) is 0 Å². The van der Waals surface area contributed by atoms with Crippen LogP contribution in [0.4, 0.5) is 5.69 Å². The Morgan fingerprint density at radius 3 is 2.67 bits per heavy atom. The van der Waals surface area contributed by atoms with Gasteiger partial charge in [0.1, 0.15) is 5.54 Å². The topological polar surface area (TPSA) is 65.0 Å². The van der Waals surface area contributed by atoms with Crippen LogP contribution in [-0.4, -0.2) is 66.6 Å². The predicted molar refractivity (Wildman–Crippen MR) is 90.7 cm³/mol. The lowest BCUT2D eigenvalue weighted by Gasteiger charge is -2.47. The Kier molecular flexibility index (Phi) is 4.20. The number of hydrogen-bond acceptors (Lipinski definition) is 5. The quantitative estimate of drug-likeness (QED) is 0.829. The van der Waals surface area contributed by atoms with Gasteiger partial charge in [0.25, 0.3) is 0 Å². The molecule has 6 heteroatoms. The third-order valence-corrected chi connectivity index (χ3v) is 5.79. The van der Waals surface area contributed by atoms with Crippen LogP contribution in [0.5, 0.6) is 0 Å². The molecule has 2 atom stereocenters. The van der Waals surface area contributed by atoms with Crippen molar-refractivity contribution >= 4 is 11.6 Å². The van der Waals surface area contributed by atoms with E-state index >= 15 is 0 Å². The number of hydrogen-bond donors (Lipinski definition) is 2. The number of anilines is 1. The molecule has 0 saturated carbocycles. The summed E-state index contributed by atoms with van der Waals surface area (Å²) in [6, 6.07) is 10.2. The summed E-state index contributed by atoms with van der Waals surface area (Å²) in [5.74, 6) is 0.131. The highest BCUT2D eigenvalue weighted by atomic mass is 16.5. The third kappa shape index (κ3) is 2.59. The molecule has 1 amide bonds. The van der Waals surface area contributed by atoms with Gasteiger partial charge in [0.15, 0.2) is 0 Å². The van der Waals surface area contributed by atoms with E-state index in [1.54, 1.807) is 0 Å². The first-order chi connectivity index (χ1) is 11.7. The molecule has 2 N–H and O–H groups in total. The number of benzene rings is 1. The van der Waals surface area contributed by atoms with Crippen molar-refractivity contribution in [3.63, 3.8) is 0 Å². The fraction of sp³-hybridized carbons (Fsp3) is 0.611. The molecule has 0 bridgehead atoms. The van der Waals surface area contributed by atoms with Gasteiger partial charge in [-0.05, 0) is 31.4 Å². The molecule has 3 saturated heterocycles. The number of para-hydroxylation sites is 1. The molecule has 0 aliphatic carbocycles. The number of likely N-dealkylation sites (tertiary alicyclic amines) is 1. The number of rotatable bonds is 2. The summed E-state index contributed by atoms with van der Waals surface area (Å²) in [6.07, 6.45) is 1.92. The molecule has 3 fully saturated rings. The van der Waals surface area contributed by atoms with Crippen molar-refractivity contribution in [1.29, 1.82) is 0 Å². The standard InChI is InChI=1S/C18H25N3O3/c22-16-6-11-24-12-15(16)20-9-7-18(8-10-20)17(23)19-13-21(18)14-4-2-1-3-5-14/h1-5,15-16,22H,6-13H2,(H,19,23). The second kappa shape index (κ2) is 6.35. The van der Waals surface area contributed by atoms with Crippen LogP contribution in [0.2, 0.25) is 0 Å². The number of aliphatic hydroxyl groups is 1. The molecular weight excluding hydrogens is 306 g/mol. The van der Waals surface area contributed by atoms with Gasteiger partial charge < -0.3 is 20.1 Å². The number of carbonyl (C=O) groups is 1. The highest BCUT2D eigenvalue weighted by molar-refractivity contribution is 5.93. The molecular formula is C18H25N3O3. The smallest absolute Gasteiger partial charge is 0.247 e. The summed E-state index contributed by atoms with van der Waals surface area (Å²) in [5, 5.41) is 13.3. The van der Waals surface area contributed by atoms with E-state index in [2.05, 4.69) is 27.2 Å². The Bertz CT molecular complexity index is 586. The van der Waals surface area contributed by atoms with Crippen LogP contribution < -0.4 is 10.2 Å². The minimum Gasteiger partial charge on any atom is -0.391 e. The second-order valence-electron chi connectivity index (χ2n) is 6.99. The molecule has 1 aromatic rings. The lowest BCUT2D eigenvalue weighted by atomic mass is 9.84. The van der Waals surface area contributed by atoms with Crippen LogP contribution in [0.15, 0.2) is 30.3 Å². The monoisotopic (exact) mass is 331 g/mol. The number of ether oxygens (including phenoxy) is 1. The summed E-state index contributed by atoms with van der Waals surface area (Å²) in [7, 11) is 0. The Balaban J connectivity index is 1.50.